The zero-order chi connectivity index (χ0) is 15.1. The minimum absolute atomic E-state index is 0.661. The fraction of sp³-hybridized carbons (Fsp3) is 0.500. The van der Waals surface area contributed by atoms with Gasteiger partial charge in [-0.2, -0.15) is 0 Å². The summed E-state index contributed by atoms with van der Waals surface area (Å²) in [7, 11) is 2.04. The van der Waals surface area contributed by atoms with Crippen molar-refractivity contribution >= 4 is 17.3 Å². The Morgan fingerprint density at radius 2 is 2.05 bits per heavy atom. The van der Waals surface area contributed by atoms with Gasteiger partial charge in [0.05, 0.1) is 0 Å². The van der Waals surface area contributed by atoms with E-state index in [1.807, 2.05) is 19.4 Å². The van der Waals surface area contributed by atoms with Crippen LogP contribution in [0.2, 0.25) is 0 Å². The maximum atomic E-state index is 4.45. The summed E-state index contributed by atoms with van der Waals surface area (Å²) in [4.78, 5) is 12.4. The molecule has 2 aromatic rings. The Balaban J connectivity index is 1.80. The Kier molecular flexibility index (Phi) is 6.14. The number of aromatic nitrogens is 2. The largest absolute Gasteiger partial charge is 0.344 e. The zero-order valence-electron chi connectivity index (χ0n) is 13.0. The molecule has 0 unspecified atom stereocenters. The summed E-state index contributed by atoms with van der Waals surface area (Å²) < 4.78 is 0. The van der Waals surface area contributed by atoms with E-state index in [0.29, 0.717) is 5.92 Å². The SMILES string of the molecule is CC(C)CNCc1cnc(N(C)CCc2cccs2)nc1. The average Bonchev–Trinajstić information content (AvgIpc) is 2.98. The predicted molar refractivity (Wildman–Crippen MR) is 89.9 cm³/mol. The van der Waals surface area contributed by atoms with Gasteiger partial charge in [-0.1, -0.05) is 19.9 Å². The van der Waals surface area contributed by atoms with Gasteiger partial charge in [-0.3, -0.25) is 0 Å². The first kappa shape index (κ1) is 15.9. The van der Waals surface area contributed by atoms with Crippen LogP contribution in [0.15, 0.2) is 29.9 Å². The molecule has 0 bridgehead atoms. The zero-order valence-corrected chi connectivity index (χ0v) is 13.9. The van der Waals surface area contributed by atoms with Crippen LogP contribution >= 0.6 is 11.3 Å². The van der Waals surface area contributed by atoms with Gasteiger partial charge in [0.1, 0.15) is 0 Å². The van der Waals surface area contributed by atoms with E-state index in [1.54, 1.807) is 11.3 Å². The van der Waals surface area contributed by atoms with Crippen LogP contribution in [-0.4, -0.2) is 30.1 Å². The van der Waals surface area contributed by atoms with Crippen LogP contribution < -0.4 is 10.2 Å². The quantitative estimate of drug-likeness (QED) is 0.814. The molecular formula is C16H24N4S. The highest BCUT2D eigenvalue weighted by Crippen LogP contribution is 2.11. The number of rotatable bonds is 8. The molecule has 2 aromatic heterocycles. The molecule has 0 saturated heterocycles. The van der Waals surface area contributed by atoms with Gasteiger partial charge in [0, 0.05) is 43.0 Å². The van der Waals surface area contributed by atoms with E-state index in [2.05, 4.69) is 51.5 Å². The average molecular weight is 304 g/mol. The standard InChI is InChI=1S/C16H24N4S/c1-13(2)9-17-10-14-11-18-16(19-12-14)20(3)7-6-15-5-4-8-21-15/h4-5,8,11-13,17H,6-7,9-10H2,1-3H3. The molecule has 1 N–H and O–H groups in total. The molecule has 114 valence electrons. The van der Waals surface area contributed by atoms with Crippen molar-refractivity contribution in [2.24, 2.45) is 5.92 Å². The van der Waals surface area contributed by atoms with E-state index in [0.717, 1.165) is 37.6 Å². The summed E-state index contributed by atoms with van der Waals surface area (Å²) in [5, 5.41) is 5.52. The van der Waals surface area contributed by atoms with Gasteiger partial charge in [-0.15, -0.1) is 11.3 Å². The molecule has 0 fully saturated rings. The molecule has 0 atom stereocenters. The van der Waals surface area contributed by atoms with Crippen molar-refractivity contribution in [2.45, 2.75) is 26.8 Å². The molecular weight excluding hydrogens is 280 g/mol. The molecule has 0 aliphatic heterocycles. The van der Waals surface area contributed by atoms with Crippen molar-refractivity contribution in [3.8, 4) is 0 Å². The van der Waals surface area contributed by atoms with Gasteiger partial charge in [-0.25, -0.2) is 9.97 Å². The van der Waals surface area contributed by atoms with Crippen molar-refractivity contribution in [2.75, 3.05) is 25.0 Å². The maximum absolute atomic E-state index is 4.45. The molecule has 5 heteroatoms. The fourth-order valence-corrected chi connectivity index (χ4v) is 2.67. The molecule has 0 spiro atoms. The monoisotopic (exact) mass is 304 g/mol. The normalized spacial score (nSPS) is 11.0. The van der Waals surface area contributed by atoms with Crippen molar-refractivity contribution in [1.29, 1.82) is 0 Å². The molecule has 0 amide bonds. The third-order valence-electron chi connectivity index (χ3n) is 3.19. The Hall–Kier alpha value is -1.46. The highest BCUT2D eigenvalue weighted by Gasteiger charge is 2.05. The third-order valence-corrected chi connectivity index (χ3v) is 4.12. The molecule has 0 radical (unpaired) electrons. The molecule has 0 saturated carbocycles. The molecule has 0 aliphatic rings. The molecule has 0 aliphatic carbocycles. The summed E-state index contributed by atoms with van der Waals surface area (Å²) in [6, 6.07) is 4.26. The molecule has 21 heavy (non-hydrogen) atoms. The number of hydrogen-bond donors (Lipinski definition) is 1. The van der Waals surface area contributed by atoms with Crippen molar-refractivity contribution in [1.82, 2.24) is 15.3 Å². The lowest BCUT2D eigenvalue weighted by molar-refractivity contribution is 0.551. The summed E-state index contributed by atoms with van der Waals surface area (Å²) in [5.41, 5.74) is 1.13. The minimum Gasteiger partial charge on any atom is -0.344 e. The highest BCUT2D eigenvalue weighted by molar-refractivity contribution is 7.09. The lowest BCUT2D eigenvalue weighted by Crippen LogP contribution is -2.23. The summed E-state index contributed by atoms with van der Waals surface area (Å²) in [6.07, 6.45) is 4.86. The Labute approximate surface area is 131 Å². The molecule has 4 nitrogen and oxygen atoms in total. The Morgan fingerprint density at radius 3 is 2.67 bits per heavy atom. The van der Waals surface area contributed by atoms with Crippen LogP contribution in [0.4, 0.5) is 5.95 Å². The summed E-state index contributed by atoms with van der Waals surface area (Å²) >= 11 is 1.80. The second kappa shape index (κ2) is 8.10. The Morgan fingerprint density at radius 1 is 1.29 bits per heavy atom. The fourth-order valence-electron chi connectivity index (χ4n) is 1.97. The highest BCUT2D eigenvalue weighted by atomic mass is 32.1. The van der Waals surface area contributed by atoms with Crippen LogP contribution in [0.25, 0.3) is 0 Å². The van der Waals surface area contributed by atoms with Gasteiger partial charge in [0.2, 0.25) is 5.95 Å². The number of anilines is 1. The molecule has 0 aromatic carbocycles. The lowest BCUT2D eigenvalue weighted by Gasteiger charge is -2.16. The molecule has 2 heterocycles. The lowest BCUT2D eigenvalue weighted by atomic mass is 10.2. The van der Waals surface area contributed by atoms with Crippen molar-refractivity contribution in [3.63, 3.8) is 0 Å². The van der Waals surface area contributed by atoms with Gasteiger partial charge in [-0.05, 0) is 30.3 Å². The second-order valence-corrected chi connectivity index (χ2v) is 6.70. The molecule has 2 rings (SSSR count). The maximum Gasteiger partial charge on any atom is 0.225 e. The number of thiophene rings is 1. The van der Waals surface area contributed by atoms with E-state index < -0.39 is 0 Å². The minimum atomic E-state index is 0.661. The first-order chi connectivity index (χ1) is 10.1. The number of nitrogens with one attached hydrogen (secondary N) is 1. The Bertz CT molecular complexity index is 508. The van der Waals surface area contributed by atoms with E-state index >= 15 is 0 Å². The number of nitrogens with zero attached hydrogens (tertiary/aromatic N) is 3. The van der Waals surface area contributed by atoms with Crippen LogP contribution in [0.1, 0.15) is 24.3 Å². The van der Waals surface area contributed by atoms with Gasteiger partial charge in [0.15, 0.2) is 0 Å². The van der Waals surface area contributed by atoms with E-state index in [9.17, 15) is 0 Å². The van der Waals surface area contributed by atoms with Crippen LogP contribution in [0.3, 0.4) is 0 Å². The number of hydrogen-bond acceptors (Lipinski definition) is 5. The van der Waals surface area contributed by atoms with Gasteiger partial charge < -0.3 is 10.2 Å². The van der Waals surface area contributed by atoms with Gasteiger partial charge >= 0.3 is 0 Å². The first-order valence-electron chi connectivity index (χ1n) is 7.40. The first-order valence-corrected chi connectivity index (χ1v) is 8.28. The van der Waals surface area contributed by atoms with Crippen molar-refractivity contribution in [3.05, 3.63) is 40.3 Å². The van der Waals surface area contributed by atoms with Crippen molar-refractivity contribution < 1.29 is 0 Å². The topological polar surface area (TPSA) is 41.1 Å². The smallest absolute Gasteiger partial charge is 0.225 e. The predicted octanol–water partition coefficient (Wildman–Crippen LogP) is 2.96. The van der Waals surface area contributed by atoms with E-state index in [1.165, 1.54) is 4.88 Å². The van der Waals surface area contributed by atoms with Crippen LogP contribution in [-0.2, 0) is 13.0 Å². The number of likely N-dealkylation sites (N-methyl/N-ethyl adjacent to an activating group) is 1. The summed E-state index contributed by atoms with van der Waals surface area (Å²) in [5.74, 6) is 1.45. The van der Waals surface area contributed by atoms with Gasteiger partial charge in [0.25, 0.3) is 0 Å². The van der Waals surface area contributed by atoms with E-state index in [-0.39, 0.29) is 0 Å². The van der Waals surface area contributed by atoms with Crippen LogP contribution in [0.5, 0.6) is 0 Å². The third kappa shape index (κ3) is 5.44. The second-order valence-electron chi connectivity index (χ2n) is 5.67. The van der Waals surface area contributed by atoms with Crippen LogP contribution in [0, 0.1) is 5.92 Å². The summed E-state index contributed by atoms with van der Waals surface area (Å²) in [6.45, 7) is 7.19. The van der Waals surface area contributed by atoms with E-state index in [4.69, 9.17) is 0 Å².